The largest absolute Gasteiger partial charge is 0.490 e. The number of carboxylic acid groups (broad SMARTS) is 1. The van der Waals surface area contributed by atoms with E-state index in [1.54, 1.807) is 25.3 Å². The predicted octanol–water partition coefficient (Wildman–Crippen LogP) is 7.12. The third kappa shape index (κ3) is 6.63. The van der Waals surface area contributed by atoms with Crippen LogP contribution in [0.1, 0.15) is 28.4 Å². The number of nitrogens with zero attached hydrogens (tertiary/aromatic N) is 2. The summed E-state index contributed by atoms with van der Waals surface area (Å²) < 4.78 is 13.6. The normalized spacial score (nSPS) is 15.5. The van der Waals surface area contributed by atoms with Crippen LogP contribution in [0.25, 0.3) is 6.08 Å². The van der Waals surface area contributed by atoms with Gasteiger partial charge in [-0.2, -0.15) is 0 Å². The third-order valence-corrected chi connectivity index (χ3v) is 7.45. The molecule has 0 atom stereocenters. The molecule has 1 saturated heterocycles. The lowest BCUT2D eigenvalue weighted by atomic mass is 10.1. The molecular formula is C27H22Br2N2O5S. The van der Waals surface area contributed by atoms with Crippen LogP contribution in [0.4, 0.5) is 5.69 Å². The molecule has 1 fully saturated rings. The Bertz CT molecular complexity index is 1390. The van der Waals surface area contributed by atoms with Crippen LogP contribution in [0.2, 0.25) is 0 Å². The van der Waals surface area contributed by atoms with E-state index in [2.05, 4.69) is 36.9 Å². The van der Waals surface area contributed by atoms with Crippen molar-refractivity contribution in [2.45, 2.75) is 13.5 Å². The zero-order valence-electron chi connectivity index (χ0n) is 19.9. The maximum absolute atomic E-state index is 12.9. The van der Waals surface area contributed by atoms with Crippen molar-refractivity contribution in [1.82, 2.24) is 4.90 Å². The molecule has 7 nitrogen and oxygen atoms in total. The van der Waals surface area contributed by atoms with E-state index >= 15 is 0 Å². The van der Waals surface area contributed by atoms with Crippen molar-refractivity contribution in [1.29, 1.82) is 0 Å². The Labute approximate surface area is 235 Å². The fraction of sp³-hybridized carbons (Fsp3) is 0.148. The second-order valence-electron chi connectivity index (χ2n) is 7.90. The van der Waals surface area contributed by atoms with E-state index in [4.69, 9.17) is 14.6 Å². The predicted molar refractivity (Wildman–Crippen MR) is 153 cm³/mol. The molecule has 0 radical (unpaired) electrons. The molecule has 0 aliphatic carbocycles. The number of likely N-dealkylation sites (N-methyl/N-ethyl adjacent to an activating group) is 1. The van der Waals surface area contributed by atoms with Crippen molar-refractivity contribution in [3.8, 4) is 11.5 Å². The molecule has 1 aliphatic heterocycles. The van der Waals surface area contributed by atoms with E-state index in [9.17, 15) is 9.59 Å². The van der Waals surface area contributed by atoms with Crippen LogP contribution >= 0.6 is 43.6 Å². The average molecular weight is 646 g/mol. The van der Waals surface area contributed by atoms with Crippen molar-refractivity contribution in [2.24, 2.45) is 4.99 Å². The number of ether oxygens (including phenoxy) is 2. The summed E-state index contributed by atoms with van der Waals surface area (Å²) in [5, 5.41) is 9.57. The second-order valence-corrected chi connectivity index (χ2v) is 10.7. The summed E-state index contributed by atoms with van der Waals surface area (Å²) in [7, 11) is 1.65. The van der Waals surface area contributed by atoms with Gasteiger partial charge in [0.2, 0.25) is 0 Å². The molecule has 0 aromatic heterocycles. The van der Waals surface area contributed by atoms with Gasteiger partial charge in [0.15, 0.2) is 16.7 Å². The van der Waals surface area contributed by atoms with Crippen LogP contribution in [0.5, 0.6) is 11.5 Å². The highest BCUT2D eigenvalue weighted by molar-refractivity contribution is 9.10. The summed E-state index contributed by atoms with van der Waals surface area (Å²) in [6, 6.07) is 17.8. The number of aromatic carboxylic acids is 1. The van der Waals surface area contributed by atoms with Crippen molar-refractivity contribution in [3.63, 3.8) is 0 Å². The van der Waals surface area contributed by atoms with Crippen LogP contribution in [-0.2, 0) is 11.4 Å². The van der Waals surface area contributed by atoms with Gasteiger partial charge in [0.1, 0.15) is 6.61 Å². The van der Waals surface area contributed by atoms with E-state index in [1.165, 1.54) is 28.8 Å². The molecular weight excluding hydrogens is 624 g/mol. The standard InChI is InChI=1S/C27H22Br2N2O5S/c1-3-35-22-13-17(12-21(29)24(22)36-15-16-4-8-19(28)9-5-16)14-23-25(32)31(2)27(37-23)30-20-10-6-18(7-11-20)26(33)34/h4-14H,3,15H2,1-2H3,(H,33,34). The van der Waals surface area contributed by atoms with Crippen LogP contribution in [0.3, 0.4) is 0 Å². The van der Waals surface area contributed by atoms with Crippen molar-refractivity contribution in [2.75, 3.05) is 13.7 Å². The van der Waals surface area contributed by atoms with Gasteiger partial charge in [-0.25, -0.2) is 9.79 Å². The summed E-state index contributed by atoms with van der Waals surface area (Å²) in [4.78, 5) is 30.5. The number of carboxylic acids is 1. The van der Waals surface area contributed by atoms with E-state index < -0.39 is 5.97 Å². The topological polar surface area (TPSA) is 88.4 Å². The summed E-state index contributed by atoms with van der Waals surface area (Å²) in [6.07, 6.45) is 1.78. The monoisotopic (exact) mass is 644 g/mol. The lowest BCUT2D eigenvalue weighted by molar-refractivity contribution is -0.121. The quantitative estimate of drug-likeness (QED) is 0.263. The Morgan fingerprint density at radius 1 is 1.08 bits per heavy atom. The lowest BCUT2D eigenvalue weighted by Gasteiger charge is -2.15. The highest BCUT2D eigenvalue weighted by atomic mass is 79.9. The van der Waals surface area contributed by atoms with E-state index in [0.717, 1.165) is 15.6 Å². The SMILES string of the molecule is CCOc1cc(C=C2SC(=Nc3ccc(C(=O)O)cc3)N(C)C2=O)cc(Br)c1OCc1ccc(Br)cc1. The number of hydrogen-bond donors (Lipinski definition) is 1. The molecule has 1 heterocycles. The molecule has 37 heavy (non-hydrogen) atoms. The third-order valence-electron chi connectivity index (χ3n) is 5.27. The number of carbonyl (C=O) groups excluding carboxylic acids is 1. The first-order chi connectivity index (χ1) is 17.7. The number of hydrogen-bond acceptors (Lipinski definition) is 6. The molecule has 3 aromatic rings. The number of benzene rings is 3. The summed E-state index contributed by atoms with van der Waals surface area (Å²) in [5.74, 6) is -0.0385. The van der Waals surface area contributed by atoms with Gasteiger partial charge in [-0.3, -0.25) is 9.69 Å². The fourth-order valence-electron chi connectivity index (χ4n) is 3.40. The molecule has 3 aromatic carbocycles. The maximum Gasteiger partial charge on any atom is 0.335 e. The molecule has 0 saturated carbocycles. The molecule has 10 heteroatoms. The van der Waals surface area contributed by atoms with Crippen LogP contribution < -0.4 is 9.47 Å². The molecule has 1 N–H and O–H groups in total. The highest BCUT2D eigenvalue weighted by Crippen LogP contribution is 2.40. The van der Waals surface area contributed by atoms with E-state index in [-0.39, 0.29) is 11.5 Å². The second kappa shape index (κ2) is 12.0. The van der Waals surface area contributed by atoms with Crippen LogP contribution in [0, 0.1) is 0 Å². The fourth-order valence-corrected chi connectivity index (χ4v) is 5.23. The van der Waals surface area contributed by atoms with Gasteiger partial charge in [0.05, 0.1) is 27.2 Å². The van der Waals surface area contributed by atoms with Gasteiger partial charge in [0, 0.05) is 11.5 Å². The minimum absolute atomic E-state index is 0.174. The Hall–Kier alpha value is -3.08. The average Bonchev–Trinajstić information content (AvgIpc) is 3.12. The van der Waals surface area contributed by atoms with Crippen molar-refractivity contribution < 1.29 is 24.2 Å². The number of amides is 1. The van der Waals surface area contributed by atoms with Gasteiger partial charge in [-0.05, 0) is 100 Å². The molecule has 0 spiro atoms. The number of carbonyl (C=O) groups is 2. The molecule has 190 valence electrons. The van der Waals surface area contributed by atoms with Gasteiger partial charge in [0.25, 0.3) is 5.91 Å². The lowest BCUT2D eigenvalue weighted by Crippen LogP contribution is -2.23. The first-order valence-electron chi connectivity index (χ1n) is 11.2. The van der Waals surface area contributed by atoms with E-state index in [1.807, 2.05) is 43.3 Å². The number of thioether (sulfide) groups is 1. The van der Waals surface area contributed by atoms with E-state index in [0.29, 0.717) is 44.9 Å². The Morgan fingerprint density at radius 2 is 1.78 bits per heavy atom. The minimum Gasteiger partial charge on any atom is -0.490 e. The van der Waals surface area contributed by atoms with Crippen molar-refractivity contribution in [3.05, 3.63) is 91.2 Å². The smallest absolute Gasteiger partial charge is 0.335 e. The zero-order chi connectivity index (χ0) is 26.5. The Balaban J connectivity index is 1.57. The molecule has 0 bridgehead atoms. The van der Waals surface area contributed by atoms with Crippen molar-refractivity contribution >= 4 is 72.4 Å². The summed E-state index contributed by atoms with van der Waals surface area (Å²) in [5.41, 5.74) is 2.52. The molecule has 4 rings (SSSR count). The highest BCUT2D eigenvalue weighted by Gasteiger charge is 2.30. The first kappa shape index (κ1) is 27.0. The van der Waals surface area contributed by atoms with Gasteiger partial charge >= 0.3 is 5.97 Å². The van der Waals surface area contributed by atoms with Gasteiger partial charge in [-0.1, -0.05) is 28.1 Å². The molecule has 1 aliphatic rings. The Morgan fingerprint density at radius 3 is 2.43 bits per heavy atom. The minimum atomic E-state index is -1.01. The first-order valence-corrected chi connectivity index (χ1v) is 13.6. The summed E-state index contributed by atoms with van der Waals surface area (Å²) >= 11 is 8.27. The van der Waals surface area contributed by atoms with Gasteiger partial charge < -0.3 is 14.6 Å². The number of amidine groups is 1. The number of rotatable bonds is 8. The molecule has 1 amide bonds. The van der Waals surface area contributed by atoms with Gasteiger partial charge in [-0.15, -0.1) is 0 Å². The number of halogens is 2. The Kier molecular flexibility index (Phi) is 8.73. The maximum atomic E-state index is 12.9. The zero-order valence-corrected chi connectivity index (χ0v) is 23.9. The van der Waals surface area contributed by atoms with Crippen LogP contribution in [-0.4, -0.2) is 40.7 Å². The number of aliphatic imine (C=N–C) groups is 1. The van der Waals surface area contributed by atoms with Crippen LogP contribution in [0.15, 0.2) is 79.5 Å². The molecule has 0 unspecified atom stereocenters. The summed E-state index contributed by atoms with van der Waals surface area (Å²) in [6.45, 7) is 2.72.